The summed E-state index contributed by atoms with van der Waals surface area (Å²) >= 11 is 0. The third-order valence-electron chi connectivity index (χ3n) is 3.86. The second-order valence-electron chi connectivity index (χ2n) is 5.26. The van der Waals surface area contributed by atoms with Gasteiger partial charge in [0.05, 0.1) is 6.61 Å². The van der Waals surface area contributed by atoms with Gasteiger partial charge in [-0.1, -0.05) is 0 Å². The van der Waals surface area contributed by atoms with Gasteiger partial charge >= 0.3 is 12.0 Å². The molecule has 3 amide bonds. The third-order valence-corrected chi connectivity index (χ3v) is 3.86. The third kappa shape index (κ3) is 2.00. The highest BCUT2D eigenvalue weighted by Gasteiger charge is 2.51. The van der Waals surface area contributed by atoms with Gasteiger partial charge in [-0.25, -0.2) is 9.79 Å². The quantitative estimate of drug-likeness (QED) is 0.691. The fraction of sp³-hybridized carbons (Fsp3) is 0.538. The highest BCUT2D eigenvalue weighted by Crippen LogP contribution is 2.31. The molecule has 1 saturated heterocycles. The van der Waals surface area contributed by atoms with Crippen LogP contribution in [-0.4, -0.2) is 71.0 Å². The minimum atomic E-state index is -0.611. The van der Waals surface area contributed by atoms with Crippen LogP contribution in [0.1, 0.15) is 13.8 Å². The fourth-order valence-electron chi connectivity index (χ4n) is 2.78. The van der Waals surface area contributed by atoms with Crippen molar-refractivity contribution < 1.29 is 19.1 Å². The number of urea groups is 1. The zero-order chi connectivity index (χ0) is 16.0. The molecule has 1 N–H and O–H groups in total. The van der Waals surface area contributed by atoms with Crippen LogP contribution in [0.25, 0.3) is 0 Å². The summed E-state index contributed by atoms with van der Waals surface area (Å²) in [7, 11) is 1.58. The summed E-state index contributed by atoms with van der Waals surface area (Å²) in [4.78, 5) is 44.7. The van der Waals surface area contributed by atoms with Gasteiger partial charge in [-0.05, 0) is 13.8 Å². The number of carbonyl (C=O) groups is 3. The molecular weight excluding hydrogens is 290 g/mol. The normalized spacial score (nSPS) is 26.4. The Bertz CT molecular complexity index is 614. The lowest BCUT2D eigenvalue weighted by Crippen LogP contribution is -2.62. The second-order valence-corrected chi connectivity index (χ2v) is 5.26. The molecule has 3 rings (SSSR count). The first-order valence-corrected chi connectivity index (χ1v) is 6.99. The van der Waals surface area contributed by atoms with Crippen molar-refractivity contribution in [2.24, 2.45) is 4.99 Å². The number of imide groups is 1. The average molecular weight is 307 g/mol. The van der Waals surface area contributed by atoms with Crippen LogP contribution in [0.3, 0.4) is 0 Å². The Labute approximate surface area is 127 Å². The highest BCUT2D eigenvalue weighted by atomic mass is 16.5. The second kappa shape index (κ2) is 5.00. The summed E-state index contributed by atoms with van der Waals surface area (Å²) in [6.07, 6.45) is 1.16. The maximum Gasteiger partial charge on any atom is 0.326 e. The van der Waals surface area contributed by atoms with E-state index in [1.165, 1.54) is 4.90 Å². The number of hydrogen-bond acceptors (Lipinski definition) is 7. The fourth-order valence-corrected chi connectivity index (χ4v) is 2.78. The number of amides is 3. The molecule has 0 bridgehead atoms. The average Bonchev–Trinajstić information content (AvgIpc) is 2.94. The molecule has 3 heterocycles. The minimum absolute atomic E-state index is 0.0181. The van der Waals surface area contributed by atoms with Crippen LogP contribution in [0.4, 0.5) is 4.79 Å². The number of esters is 1. The Morgan fingerprint density at radius 2 is 2.18 bits per heavy atom. The lowest BCUT2D eigenvalue weighted by Gasteiger charge is -2.34. The number of carbonyl (C=O) groups excluding carboxylic acids is 3. The van der Waals surface area contributed by atoms with E-state index in [-0.39, 0.29) is 12.5 Å². The molecule has 0 aromatic carbocycles. The van der Waals surface area contributed by atoms with E-state index >= 15 is 0 Å². The van der Waals surface area contributed by atoms with Crippen molar-refractivity contribution in [3.05, 3.63) is 11.9 Å². The SMILES string of the molecule is CCOC(=O)CN1C(C)=CN2C1=NC1C2C(=O)NC(=O)N1C. The number of likely N-dealkylation sites (N-methyl/N-ethyl adjacent to an activating group) is 1. The van der Waals surface area contributed by atoms with Crippen LogP contribution in [0, 0.1) is 0 Å². The minimum Gasteiger partial charge on any atom is -0.465 e. The first-order chi connectivity index (χ1) is 10.4. The number of rotatable bonds is 3. The van der Waals surface area contributed by atoms with Crippen molar-refractivity contribution in [3.8, 4) is 0 Å². The lowest BCUT2D eigenvalue weighted by atomic mass is 10.1. The van der Waals surface area contributed by atoms with Gasteiger partial charge in [-0.15, -0.1) is 0 Å². The lowest BCUT2D eigenvalue weighted by molar-refractivity contribution is -0.143. The first-order valence-electron chi connectivity index (χ1n) is 6.99. The van der Waals surface area contributed by atoms with E-state index in [0.29, 0.717) is 12.6 Å². The smallest absolute Gasteiger partial charge is 0.326 e. The molecule has 0 saturated carbocycles. The van der Waals surface area contributed by atoms with Crippen molar-refractivity contribution in [2.45, 2.75) is 26.1 Å². The predicted octanol–water partition coefficient (Wildman–Crippen LogP) is -0.726. The van der Waals surface area contributed by atoms with Gasteiger partial charge < -0.3 is 19.4 Å². The molecule has 2 atom stereocenters. The number of nitrogens with zero attached hydrogens (tertiary/aromatic N) is 4. The van der Waals surface area contributed by atoms with Gasteiger partial charge in [0.15, 0.2) is 12.2 Å². The molecule has 9 nitrogen and oxygen atoms in total. The van der Waals surface area contributed by atoms with E-state index in [2.05, 4.69) is 10.3 Å². The summed E-state index contributed by atoms with van der Waals surface area (Å²) in [6, 6.07) is -1.09. The Kier molecular flexibility index (Phi) is 3.27. The van der Waals surface area contributed by atoms with E-state index < -0.39 is 24.1 Å². The van der Waals surface area contributed by atoms with E-state index in [4.69, 9.17) is 4.74 Å². The number of nitrogens with one attached hydrogen (secondary N) is 1. The van der Waals surface area contributed by atoms with Crippen LogP contribution in [-0.2, 0) is 14.3 Å². The maximum absolute atomic E-state index is 12.1. The molecule has 0 spiro atoms. The summed E-state index contributed by atoms with van der Waals surface area (Å²) in [5.74, 6) is -0.283. The van der Waals surface area contributed by atoms with E-state index in [0.717, 1.165) is 5.70 Å². The summed E-state index contributed by atoms with van der Waals surface area (Å²) < 4.78 is 4.95. The summed E-state index contributed by atoms with van der Waals surface area (Å²) in [6.45, 7) is 3.88. The number of hydrogen-bond donors (Lipinski definition) is 1. The molecule has 1 fully saturated rings. The molecule has 3 aliphatic rings. The summed E-state index contributed by atoms with van der Waals surface area (Å²) in [5.41, 5.74) is 0.789. The van der Waals surface area contributed by atoms with Gasteiger partial charge in [-0.2, -0.15) is 0 Å². The molecule has 2 unspecified atom stereocenters. The van der Waals surface area contributed by atoms with Crippen molar-refractivity contribution in [1.82, 2.24) is 20.0 Å². The van der Waals surface area contributed by atoms with Gasteiger partial charge in [-0.3, -0.25) is 14.9 Å². The highest BCUT2D eigenvalue weighted by molar-refractivity contribution is 6.05. The molecule has 9 heteroatoms. The summed E-state index contributed by atoms with van der Waals surface area (Å²) in [5, 5.41) is 2.30. The largest absolute Gasteiger partial charge is 0.465 e. The van der Waals surface area contributed by atoms with Gasteiger partial charge in [0.25, 0.3) is 5.91 Å². The Morgan fingerprint density at radius 1 is 1.45 bits per heavy atom. The van der Waals surface area contributed by atoms with Crippen LogP contribution in [0.15, 0.2) is 16.9 Å². The number of aliphatic imine (C=N–C) groups is 1. The number of fused-ring (bicyclic) bond motifs is 3. The first kappa shape index (κ1) is 14.4. The Balaban J connectivity index is 1.87. The molecule has 3 aliphatic heterocycles. The molecule has 118 valence electrons. The van der Waals surface area contributed by atoms with Crippen molar-refractivity contribution in [1.29, 1.82) is 0 Å². The monoisotopic (exact) mass is 307 g/mol. The van der Waals surface area contributed by atoms with E-state index in [1.54, 1.807) is 30.0 Å². The van der Waals surface area contributed by atoms with Gasteiger partial charge in [0.2, 0.25) is 5.96 Å². The standard InChI is InChI=1S/C13H17N5O4/c1-4-22-8(19)6-17-7(2)5-18-9-10(14-12(17)18)16(3)13(21)15-11(9)20/h5,9-10H,4,6H2,1-3H3,(H,15,20,21). The molecule has 0 aromatic heterocycles. The van der Waals surface area contributed by atoms with Crippen LogP contribution < -0.4 is 5.32 Å². The zero-order valence-corrected chi connectivity index (χ0v) is 12.6. The Hall–Kier alpha value is -2.58. The number of allylic oxidation sites excluding steroid dienone is 1. The predicted molar refractivity (Wildman–Crippen MR) is 75.2 cm³/mol. The number of ether oxygens (including phenoxy) is 1. The molecular formula is C13H17N5O4. The molecule has 0 aromatic rings. The van der Waals surface area contributed by atoms with E-state index in [9.17, 15) is 14.4 Å². The number of guanidine groups is 1. The van der Waals surface area contributed by atoms with Gasteiger partial charge in [0.1, 0.15) is 6.54 Å². The Morgan fingerprint density at radius 3 is 2.86 bits per heavy atom. The van der Waals surface area contributed by atoms with Crippen molar-refractivity contribution in [2.75, 3.05) is 20.2 Å². The molecule has 0 aliphatic carbocycles. The maximum atomic E-state index is 12.1. The molecule has 0 radical (unpaired) electrons. The van der Waals surface area contributed by atoms with Crippen molar-refractivity contribution in [3.63, 3.8) is 0 Å². The van der Waals surface area contributed by atoms with Crippen molar-refractivity contribution >= 4 is 23.9 Å². The van der Waals surface area contributed by atoms with E-state index in [1.807, 2.05) is 6.92 Å². The van der Waals surface area contributed by atoms with Crippen LogP contribution in [0.2, 0.25) is 0 Å². The van der Waals surface area contributed by atoms with Crippen LogP contribution in [0.5, 0.6) is 0 Å². The molecule has 22 heavy (non-hydrogen) atoms. The topological polar surface area (TPSA) is 94.5 Å². The van der Waals surface area contributed by atoms with Gasteiger partial charge in [0, 0.05) is 18.9 Å². The van der Waals surface area contributed by atoms with Crippen LogP contribution >= 0.6 is 0 Å². The zero-order valence-electron chi connectivity index (χ0n) is 12.6.